The van der Waals surface area contributed by atoms with Gasteiger partial charge in [0.05, 0.1) is 13.2 Å². The fourth-order valence-electron chi connectivity index (χ4n) is 8.37. The van der Waals surface area contributed by atoms with Gasteiger partial charge in [0.15, 0.2) is 0 Å². The van der Waals surface area contributed by atoms with Crippen LogP contribution in [-0.2, 0) is 0 Å². The molecule has 2 aromatic heterocycles. The van der Waals surface area contributed by atoms with Gasteiger partial charge in [-0.3, -0.25) is 9.97 Å². The summed E-state index contributed by atoms with van der Waals surface area (Å²) < 4.78 is 11.2. The van der Waals surface area contributed by atoms with Gasteiger partial charge in [0.1, 0.15) is 11.5 Å². The summed E-state index contributed by atoms with van der Waals surface area (Å²) in [6, 6.07) is 25.6. The molecule has 4 nitrogen and oxygen atoms in total. The quantitative estimate of drug-likeness (QED) is 0.102. The molecule has 0 radical (unpaired) electrons. The van der Waals surface area contributed by atoms with E-state index in [1.54, 1.807) is 0 Å². The molecular weight excluding hydrogens is 649 g/mol. The van der Waals surface area contributed by atoms with Gasteiger partial charge in [0.2, 0.25) is 0 Å². The van der Waals surface area contributed by atoms with Crippen molar-refractivity contribution in [3.8, 4) is 33.8 Å². The van der Waals surface area contributed by atoms with Crippen LogP contribution in [0, 0.1) is 11.8 Å². The lowest BCUT2D eigenvalue weighted by Crippen LogP contribution is -2.14. The number of pyridine rings is 2. The van der Waals surface area contributed by atoms with E-state index in [4.69, 9.17) is 19.4 Å². The SMILES string of the molecule is CCCCCC1CCC(c2ccc(-c3ccc(OCC)cc3)cn2)CC1.CCCCCC1CCC(c2ccc(-c3ccc(OCCC)cc3)cn2)CC1. The molecule has 53 heavy (non-hydrogen) atoms. The van der Waals surface area contributed by atoms with Crippen molar-refractivity contribution in [3.63, 3.8) is 0 Å². The van der Waals surface area contributed by atoms with E-state index in [9.17, 15) is 0 Å². The summed E-state index contributed by atoms with van der Waals surface area (Å²) in [7, 11) is 0. The normalized spacial score (nSPS) is 19.9. The number of aromatic nitrogens is 2. The minimum absolute atomic E-state index is 0.659. The molecule has 2 heterocycles. The first-order valence-corrected chi connectivity index (χ1v) is 21.5. The minimum atomic E-state index is 0.659. The van der Waals surface area contributed by atoms with Crippen LogP contribution >= 0.6 is 0 Å². The molecule has 4 heteroatoms. The van der Waals surface area contributed by atoms with Gasteiger partial charge in [0, 0.05) is 46.7 Å². The number of hydrogen-bond acceptors (Lipinski definition) is 4. The van der Waals surface area contributed by atoms with Crippen molar-refractivity contribution in [1.82, 2.24) is 9.97 Å². The van der Waals surface area contributed by atoms with Gasteiger partial charge in [-0.25, -0.2) is 0 Å². The lowest BCUT2D eigenvalue weighted by atomic mass is 9.78. The number of hydrogen-bond donors (Lipinski definition) is 0. The molecular formula is C49H68N2O2. The Bertz CT molecular complexity index is 1530. The highest BCUT2D eigenvalue weighted by molar-refractivity contribution is 5.64. The van der Waals surface area contributed by atoms with Crippen LogP contribution in [0.1, 0.15) is 160 Å². The summed E-state index contributed by atoms with van der Waals surface area (Å²) in [5.74, 6) is 5.11. The molecule has 0 atom stereocenters. The monoisotopic (exact) mass is 717 g/mol. The van der Waals surface area contributed by atoms with Crippen molar-refractivity contribution in [2.24, 2.45) is 11.8 Å². The van der Waals surface area contributed by atoms with Gasteiger partial charge in [-0.05, 0) is 124 Å². The van der Waals surface area contributed by atoms with Gasteiger partial charge >= 0.3 is 0 Å². The largest absolute Gasteiger partial charge is 0.494 e. The predicted molar refractivity (Wildman–Crippen MR) is 224 cm³/mol. The van der Waals surface area contributed by atoms with Gasteiger partial charge in [-0.2, -0.15) is 0 Å². The highest BCUT2D eigenvalue weighted by atomic mass is 16.5. The van der Waals surface area contributed by atoms with Crippen LogP contribution in [0.25, 0.3) is 22.3 Å². The van der Waals surface area contributed by atoms with Crippen molar-refractivity contribution >= 4 is 0 Å². The van der Waals surface area contributed by atoms with Crippen LogP contribution in [0.15, 0.2) is 85.2 Å². The number of unbranched alkanes of at least 4 members (excludes halogenated alkanes) is 4. The first-order chi connectivity index (χ1) is 26.1. The van der Waals surface area contributed by atoms with Crippen LogP contribution in [0.4, 0.5) is 0 Å². The Morgan fingerprint density at radius 1 is 0.453 bits per heavy atom. The molecule has 0 bridgehead atoms. The number of rotatable bonds is 17. The van der Waals surface area contributed by atoms with E-state index in [1.807, 2.05) is 31.5 Å². The molecule has 4 aromatic rings. The van der Waals surface area contributed by atoms with E-state index in [0.717, 1.165) is 36.4 Å². The second-order valence-corrected chi connectivity index (χ2v) is 15.7. The minimum Gasteiger partial charge on any atom is -0.494 e. The number of ether oxygens (including phenoxy) is 2. The Balaban J connectivity index is 0.000000204. The third-order valence-corrected chi connectivity index (χ3v) is 11.7. The van der Waals surface area contributed by atoms with E-state index in [-0.39, 0.29) is 0 Å². The van der Waals surface area contributed by atoms with Crippen molar-refractivity contribution in [3.05, 3.63) is 96.6 Å². The van der Waals surface area contributed by atoms with Crippen molar-refractivity contribution in [2.45, 2.75) is 149 Å². The van der Waals surface area contributed by atoms with Crippen LogP contribution in [0.3, 0.4) is 0 Å². The van der Waals surface area contributed by atoms with E-state index < -0.39 is 0 Å². The summed E-state index contributed by atoms with van der Waals surface area (Å²) in [4.78, 5) is 9.63. The molecule has 2 aliphatic rings. The standard InChI is InChI=1S/C25H35NO.C24H33NO/c1-3-5-6-7-20-8-10-22(11-9-20)25-17-14-23(19-26-25)21-12-15-24(16-13-21)27-18-4-2;1-3-5-6-7-19-8-10-21(11-9-19)24-17-14-22(18-25-24)20-12-15-23(16-13-20)26-4-2/h12-17,19-20,22H,3-11,18H2,1-2H3;12-19,21H,3-11H2,1-2H3. The summed E-state index contributed by atoms with van der Waals surface area (Å²) in [5.41, 5.74) is 7.35. The molecule has 0 spiro atoms. The van der Waals surface area contributed by atoms with Gasteiger partial charge < -0.3 is 9.47 Å². The lowest BCUT2D eigenvalue weighted by molar-refractivity contribution is 0.300. The molecule has 2 aliphatic carbocycles. The van der Waals surface area contributed by atoms with Crippen molar-refractivity contribution in [1.29, 1.82) is 0 Å². The average Bonchev–Trinajstić information content (AvgIpc) is 3.22. The maximum Gasteiger partial charge on any atom is 0.119 e. The second kappa shape index (κ2) is 22.5. The molecule has 286 valence electrons. The molecule has 2 saturated carbocycles. The van der Waals surface area contributed by atoms with E-state index in [1.165, 1.54) is 136 Å². The van der Waals surface area contributed by atoms with Gasteiger partial charge in [0.25, 0.3) is 0 Å². The summed E-state index contributed by atoms with van der Waals surface area (Å²) in [5, 5.41) is 0. The fourth-order valence-corrected chi connectivity index (χ4v) is 8.37. The maximum absolute atomic E-state index is 5.67. The maximum atomic E-state index is 5.67. The summed E-state index contributed by atoms with van der Waals surface area (Å²) in [6.45, 7) is 10.2. The lowest BCUT2D eigenvalue weighted by Gasteiger charge is -2.28. The molecule has 6 rings (SSSR count). The van der Waals surface area contributed by atoms with Crippen molar-refractivity contribution in [2.75, 3.05) is 13.2 Å². The van der Waals surface area contributed by atoms with E-state index in [2.05, 4.69) is 81.4 Å². The average molecular weight is 717 g/mol. The van der Waals surface area contributed by atoms with Gasteiger partial charge in [-0.1, -0.05) is 109 Å². The predicted octanol–water partition coefficient (Wildman–Crippen LogP) is 14.4. The fraction of sp³-hybridized carbons (Fsp3) is 0.551. The molecule has 0 amide bonds. The Hall–Kier alpha value is -3.66. The Kier molecular flexibility index (Phi) is 17.2. The first kappa shape index (κ1) is 40.5. The Morgan fingerprint density at radius 3 is 1.23 bits per heavy atom. The molecule has 0 aliphatic heterocycles. The third kappa shape index (κ3) is 13.0. The highest BCUT2D eigenvalue weighted by Gasteiger charge is 2.24. The zero-order valence-electron chi connectivity index (χ0n) is 33.5. The highest BCUT2D eigenvalue weighted by Crippen LogP contribution is 2.39. The third-order valence-electron chi connectivity index (χ3n) is 11.7. The van der Waals surface area contributed by atoms with Gasteiger partial charge in [-0.15, -0.1) is 0 Å². The molecule has 2 fully saturated rings. The topological polar surface area (TPSA) is 44.2 Å². The Labute approximate surface area is 322 Å². The number of benzene rings is 2. The second-order valence-electron chi connectivity index (χ2n) is 15.7. The number of nitrogens with zero attached hydrogens (tertiary/aromatic N) is 2. The zero-order chi connectivity index (χ0) is 37.1. The Morgan fingerprint density at radius 2 is 0.868 bits per heavy atom. The van der Waals surface area contributed by atoms with Crippen LogP contribution in [0.2, 0.25) is 0 Å². The van der Waals surface area contributed by atoms with Crippen molar-refractivity contribution < 1.29 is 9.47 Å². The summed E-state index contributed by atoms with van der Waals surface area (Å²) in [6.07, 6.45) is 27.1. The summed E-state index contributed by atoms with van der Waals surface area (Å²) >= 11 is 0. The van der Waals surface area contributed by atoms with E-state index in [0.29, 0.717) is 18.4 Å². The first-order valence-electron chi connectivity index (χ1n) is 21.5. The smallest absolute Gasteiger partial charge is 0.119 e. The molecule has 0 unspecified atom stereocenters. The van der Waals surface area contributed by atoms with E-state index >= 15 is 0 Å². The van der Waals surface area contributed by atoms with Crippen LogP contribution in [-0.4, -0.2) is 23.2 Å². The molecule has 2 aromatic carbocycles. The molecule has 0 N–H and O–H groups in total. The zero-order valence-corrected chi connectivity index (χ0v) is 33.5. The van der Waals surface area contributed by atoms with Crippen LogP contribution < -0.4 is 9.47 Å². The van der Waals surface area contributed by atoms with Crippen LogP contribution in [0.5, 0.6) is 11.5 Å². The molecule has 0 saturated heterocycles.